The summed E-state index contributed by atoms with van der Waals surface area (Å²) in [7, 11) is -2.91. The van der Waals surface area contributed by atoms with Crippen molar-refractivity contribution in [2.75, 3.05) is 5.32 Å². The monoisotopic (exact) mass is 545 g/mol. The third-order valence-corrected chi connectivity index (χ3v) is 10.6. The Hall–Kier alpha value is -3.79. The van der Waals surface area contributed by atoms with E-state index in [1.165, 1.54) is 6.07 Å². The largest absolute Gasteiger partial charge is 0.453 e. The van der Waals surface area contributed by atoms with Gasteiger partial charge in [0.1, 0.15) is 5.75 Å². The number of nitrogens with one attached hydrogen (secondary N) is 2. The van der Waals surface area contributed by atoms with Crippen LogP contribution in [-0.2, 0) is 26.5 Å². The van der Waals surface area contributed by atoms with Crippen LogP contribution in [0.25, 0.3) is 10.9 Å². The molecule has 4 aliphatic carbocycles. The Morgan fingerprint density at radius 2 is 2.03 bits per heavy atom. The molecule has 2 bridgehead atoms. The van der Waals surface area contributed by atoms with E-state index in [-0.39, 0.29) is 28.9 Å². The number of amides is 1. The van der Waals surface area contributed by atoms with Gasteiger partial charge in [-0.15, -0.1) is 0 Å². The van der Waals surface area contributed by atoms with Gasteiger partial charge in [0.25, 0.3) is 0 Å². The summed E-state index contributed by atoms with van der Waals surface area (Å²) in [5.41, 5.74) is 2.47. The highest BCUT2D eigenvalue weighted by Gasteiger charge is 2.58. The minimum Gasteiger partial charge on any atom is -0.453 e. The van der Waals surface area contributed by atoms with E-state index in [0.29, 0.717) is 38.4 Å². The Bertz CT molecular complexity index is 1720. The molecule has 8 rings (SSSR count). The van der Waals surface area contributed by atoms with E-state index in [2.05, 4.69) is 15.4 Å². The fraction of sp³-hybridized carbons (Fsp3) is 0.345. The number of fused-ring (bicyclic) bond motifs is 1. The maximum absolute atomic E-state index is 15.3. The molecule has 2 heterocycles. The zero-order valence-corrected chi connectivity index (χ0v) is 22.3. The van der Waals surface area contributed by atoms with Crippen LogP contribution in [0.2, 0.25) is 0 Å². The van der Waals surface area contributed by atoms with Crippen molar-refractivity contribution in [2.45, 2.75) is 61.1 Å². The van der Waals surface area contributed by atoms with Crippen LogP contribution in [0.5, 0.6) is 11.5 Å². The Balaban J connectivity index is 1.09. The van der Waals surface area contributed by atoms with Gasteiger partial charge in [-0.25, -0.2) is 13.4 Å². The van der Waals surface area contributed by atoms with Gasteiger partial charge >= 0.3 is 0 Å². The molecule has 0 aliphatic heterocycles. The first-order valence-corrected chi connectivity index (χ1v) is 14.8. The highest BCUT2D eigenvalue weighted by molar-refractivity contribution is 7.93. The van der Waals surface area contributed by atoms with E-state index in [9.17, 15) is 9.00 Å². The Morgan fingerprint density at radius 1 is 1.23 bits per heavy atom. The van der Waals surface area contributed by atoms with Crippen molar-refractivity contribution < 1.29 is 18.1 Å². The van der Waals surface area contributed by atoms with Gasteiger partial charge in [0.15, 0.2) is 11.6 Å². The number of nitrogens with zero attached hydrogens (tertiary/aromatic N) is 3. The second kappa shape index (κ2) is 8.61. The van der Waals surface area contributed by atoms with Crippen LogP contribution >= 0.6 is 0 Å². The molecule has 2 aromatic heterocycles. The lowest BCUT2D eigenvalue weighted by Crippen LogP contribution is -2.59. The van der Waals surface area contributed by atoms with Crippen LogP contribution in [0.15, 0.2) is 59.9 Å². The molecule has 0 unspecified atom stereocenters. The van der Waals surface area contributed by atoms with Crippen molar-refractivity contribution in [1.82, 2.24) is 14.8 Å². The second-order valence-electron chi connectivity index (χ2n) is 11.2. The normalized spacial score (nSPS) is 23.0. The van der Waals surface area contributed by atoms with Crippen LogP contribution in [-0.4, -0.2) is 30.1 Å². The molecule has 0 saturated heterocycles. The number of anilines is 1. The van der Waals surface area contributed by atoms with Crippen molar-refractivity contribution in [3.63, 3.8) is 0 Å². The fourth-order valence-electron chi connectivity index (χ4n) is 5.86. The molecule has 1 amide bonds. The number of benzene rings is 2. The summed E-state index contributed by atoms with van der Waals surface area (Å²) in [6.07, 6.45) is 10.2. The molecule has 4 aromatic rings. The third kappa shape index (κ3) is 4.17. The zero-order valence-electron chi connectivity index (χ0n) is 21.4. The number of carbonyl (C=O) groups is 1. The summed E-state index contributed by atoms with van der Waals surface area (Å²) in [4.78, 5) is 17.5. The second-order valence-corrected chi connectivity index (χ2v) is 13.6. The Labute approximate surface area is 225 Å². The first kappa shape index (κ1) is 24.3. The molecule has 2 aromatic carbocycles. The molecular formula is C29H28FN5O3S. The summed E-state index contributed by atoms with van der Waals surface area (Å²) < 4.78 is 44.6. The van der Waals surface area contributed by atoms with Crippen molar-refractivity contribution in [3.8, 4) is 11.5 Å². The van der Waals surface area contributed by atoms with E-state index in [0.717, 1.165) is 38.0 Å². The van der Waals surface area contributed by atoms with E-state index in [1.54, 1.807) is 49.6 Å². The maximum Gasteiger partial charge on any atom is 0.228 e. The fourth-order valence-corrected chi connectivity index (χ4v) is 7.61. The van der Waals surface area contributed by atoms with Gasteiger partial charge in [-0.3, -0.25) is 14.5 Å². The average molecular weight is 546 g/mol. The molecule has 0 spiro atoms. The standard InChI is InChI=1S/C29H28FN5O3S/c1-17-8-18(10-27(36)34-20-15-33-35(16-20)29-12-19(13-29)14-29)9-24(30)28(17)38-26-6-7-32-25-5-4-22(11-23(25)26)39(31,37)21-2-3-21/h4-9,11,15-16,19,21,31H,2-3,10,12-14H2,1H3,(H,34,36)/t19?,29?,39-/m0/s1. The summed E-state index contributed by atoms with van der Waals surface area (Å²) in [6, 6.07) is 9.75. The molecule has 200 valence electrons. The van der Waals surface area contributed by atoms with Gasteiger partial charge in [-0.05, 0) is 86.4 Å². The van der Waals surface area contributed by atoms with Gasteiger partial charge in [0.2, 0.25) is 5.91 Å². The number of hydrogen-bond donors (Lipinski definition) is 2. The highest BCUT2D eigenvalue weighted by Crippen LogP contribution is 2.62. The Kier molecular flexibility index (Phi) is 5.35. The average Bonchev–Trinajstić information content (AvgIpc) is 3.61. The lowest BCUT2D eigenvalue weighted by Gasteiger charge is -2.61. The van der Waals surface area contributed by atoms with Crippen molar-refractivity contribution in [1.29, 1.82) is 4.78 Å². The SMILES string of the molecule is Cc1cc(CC(=O)Nc2cnn(C34CC(C3)C4)c2)cc(F)c1Oc1ccnc2ccc([S@@](=N)(=O)C3CC3)cc12. The lowest BCUT2D eigenvalue weighted by molar-refractivity contribution is -0.115. The van der Waals surface area contributed by atoms with Crippen LogP contribution in [0.1, 0.15) is 43.2 Å². The number of halogens is 1. The molecular weight excluding hydrogens is 517 g/mol. The van der Waals surface area contributed by atoms with E-state index in [1.807, 2.05) is 10.9 Å². The first-order valence-electron chi connectivity index (χ1n) is 13.2. The lowest BCUT2D eigenvalue weighted by atomic mass is 9.50. The quantitative estimate of drug-likeness (QED) is 0.285. The summed E-state index contributed by atoms with van der Waals surface area (Å²) >= 11 is 0. The highest BCUT2D eigenvalue weighted by atomic mass is 32.2. The van der Waals surface area contributed by atoms with Crippen molar-refractivity contribution >= 4 is 32.2 Å². The van der Waals surface area contributed by atoms with Crippen molar-refractivity contribution in [2.24, 2.45) is 5.92 Å². The van der Waals surface area contributed by atoms with Gasteiger partial charge in [0, 0.05) is 27.9 Å². The molecule has 4 saturated carbocycles. The first-order chi connectivity index (χ1) is 18.7. The number of rotatable bonds is 8. The summed E-state index contributed by atoms with van der Waals surface area (Å²) in [5, 5.41) is 7.75. The van der Waals surface area contributed by atoms with Crippen LogP contribution in [0.4, 0.5) is 10.1 Å². The van der Waals surface area contributed by atoms with Crippen LogP contribution in [0.3, 0.4) is 0 Å². The van der Waals surface area contributed by atoms with Gasteiger partial charge in [-0.2, -0.15) is 5.10 Å². The van der Waals surface area contributed by atoms with Crippen LogP contribution in [0, 0.1) is 23.4 Å². The van der Waals surface area contributed by atoms with Gasteiger partial charge in [-0.1, -0.05) is 6.07 Å². The molecule has 1 atom stereocenters. The number of aryl methyl sites for hydroxylation is 1. The number of pyridine rings is 1. The van der Waals surface area contributed by atoms with Crippen molar-refractivity contribution in [3.05, 3.63) is 71.9 Å². The molecule has 39 heavy (non-hydrogen) atoms. The molecule has 2 N–H and O–H groups in total. The topological polar surface area (TPSA) is 110 Å². The van der Waals surface area contributed by atoms with E-state index >= 15 is 4.39 Å². The summed E-state index contributed by atoms with van der Waals surface area (Å²) in [5.74, 6) is 0.409. The van der Waals surface area contributed by atoms with E-state index < -0.39 is 15.5 Å². The molecule has 4 fully saturated rings. The predicted octanol–water partition coefficient (Wildman–Crippen LogP) is 5.93. The molecule has 4 aliphatic rings. The molecule has 0 radical (unpaired) electrons. The maximum atomic E-state index is 15.3. The smallest absolute Gasteiger partial charge is 0.228 e. The number of hydrogen-bond acceptors (Lipinski definition) is 6. The summed E-state index contributed by atoms with van der Waals surface area (Å²) in [6.45, 7) is 1.73. The zero-order chi connectivity index (χ0) is 26.9. The minimum absolute atomic E-state index is 0.0109. The molecule has 10 heteroatoms. The third-order valence-electron chi connectivity index (χ3n) is 8.24. The van der Waals surface area contributed by atoms with E-state index in [4.69, 9.17) is 9.52 Å². The van der Waals surface area contributed by atoms with Gasteiger partial charge in [0.05, 0.1) is 39.1 Å². The minimum atomic E-state index is -2.91. The van der Waals surface area contributed by atoms with Gasteiger partial charge < -0.3 is 10.1 Å². The Morgan fingerprint density at radius 3 is 2.72 bits per heavy atom. The molecule has 8 nitrogen and oxygen atoms in total. The predicted molar refractivity (Wildman–Crippen MR) is 145 cm³/mol. The number of aromatic nitrogens is 3. The number of ether oxygens (including phenoxy) is 1. The van der Waals surface area contributed by atoms with Crippen LogP contribution < -0.4 is 10.1 Å². The number of carbonyl (C=O) groups excluding carboxylic acids is 1.